The maximum absolute atomic E-state index is 14.1. The van der Waals surface area contributed by atoms with Gasteiger partial charge in [-0.05, 0) is 80.8 Å². The van der Waals surface area contributed by atoms with E-state index in [2.05, 4.69) is 0 Å². The van der Waals surface area contributed by atoms with Crippen LogP contribution in [0.5, 0.6) is 0 Å². The first kappa shape index (κ1) is 44.1. The van der Waals surface area contributed by atoms with E-state index >= 15 is 0 Å². The van der Waals surface area contributed by atoms with Gasteiger partial charge in [0, 0.05) is 37.1 Å². The predicted octanol–water partition coefficient (Wildman–Crippen LogP) is 2.24. The number of carbonyl (C=O) groups is 1. The molecule has 6 N–H and O–H groups in total. The van der Waals surface area contributed by atoms with Gasteiger partial charge in [0.1, 0.15) is 23.9 Å². The third-order valence-corrected chi connectivity index (χ3v) is 11.9. The number of hydrogen-bond donors (Lipinski definition) is 6. The molecule has 298 valence electrons. The molecule has 0 aromatic carbocycles. The van der Waals surface area contributed by atoms with Crippen molar-refractivity contribution in [3.05, 3.63) is 0 Å². The zero-order chi connectivity index (χ0) is 39.0. The Balaban J connectivity index is 2.18. The molecule has 14 heteroatoms. The summed E-state index contributed by atoms with van der Waals surface area (Å²) >= 11 is 0. The number of likely N-dealkylation sites (N-methyl/N-ethyl adjacent to an activating group) is 1. The Morgan fingerprint density at radius 1 is 0.922 bits per heavy atom. The maximum atomic E-state index is 14.1. The van der Waals surface area contributed by atoms with Crippen LogP contribution in [-0.2, 0) is 33.2 Å². The van der Waals surface area contributed by atoms with Crippen molar-refractivity contribution in [2.24, 2.45) is 23.7 Å². The minimum atomic E-state index is -1.91. The molecule has 3 aliphatic heterocycles. The fraction of sp³-hybridized carbons (Fsp3) is 0.946. The fourth-order valence-electron chi connectivity index (χ4n) is 8.43. The van der Waals surface area contributed by atoms with Crippen LogP contribution in [0.25, 0.3) is 0 Å². The van der Waals surface area contributed by atoms with E-state index in [1.54, 1.807) is 55.4 Å². The highest BCUT2D eigenvalue weighted by Gasteiger charge is 2.53. The number of aliphatic hydroxyl groups excluding tert-OH is 3. The first-order chi connectivity index (χ1) is 23.4. The summed E-state index contributed by atoms with van der Waals surface area (Å²) in [7, 11) is 5.21. The molecule has 0 bridgehead atoms. The number of methoxy groups -OCH3 is 1. The minimum Gasteiger partial charge on any atom is -0.459 e. The van der Waals surface area contributed by atoms with Crippen molar-refractivity contribution in [3.63, 3.8) is 0 Å². The Kier molecular flexibility index (Phi) is 14.7. The Morgan fingerprint density at radius 3 is 2.08 bits per heavy atom. The monoisotopic (exact) mass is 732 g/mol. The summed E-state index contributed by atoms with van der Waals surface area (Å²) in [4.78, 5) is 16.0. The molecule has 18 atom stereocenters. The molecule has 0 aromatic rings. The lowest BCUT2D eigenvalue weighted by Crippen LogP contribution is -2.61. The zero-order valence-corrected chi connectivity index (χ0v) is 33.0. The number of rotatable bonds is 7. The summed E-state index contributed by atoms with van der Waals surface area (Å²) in [5, 5.41) is 66.9. The molecular formula is C37H68N2O12. The third-order valence-electron chi connectivity index (χ3n) is 11.9. The highest BCUT2D eigenvalue weighted by molar-refractivity contribution is 5.86. The van der Waals surface area contributed by atoms with Crippen LogP contribution < -0.4 is 0 Å². The van der Waals surface area contributed by atoms with Crippen molar-refractivity contribution < 1.29 is 58.7 Å². The van der Waals surface area contributed by atoms with E-state index in [0.717, 1.165) is 0 Å². The van der Waals surface area contributed by atoms with E-state index in [4.69, 9.17) is 33.8 Å². The highest BCUT2D eigenvalue weighted by Crippen LogP contribution is 2.40. The molecule has 14 nitrogen and oxygen atoms in total. The highest BCUT2D eigenvalue weighted by atomic mass is 16.7. The van der Waals surface area contributed by atoms with Crippen LogP contribution in [-0.4, -0.2) is 148 Å². The molecule has 51 heavy (non-hydrogen) atoms. The SMILES string of the molecule is CC[C@H]1OC(=O)[C@H](C)[C@H](O[C@@H]2C[C@](C)(OC)[C@H](O)[C@@H](C)O2)[C@@H](C)[C@H](O[C@H]2O[C@H](C)C[C@H](N(C)C)[C@H]2O)[C@](C)(O)C[C@H](C)C(=N)[C@H](C)[C@@H](O)[C@@]1(C)O. The second-order valence-electron chi connectivity index (χ2n) is 16.5. The van der Waals surface area contributed by atoms with Crippen molar-refractivity contribution in [2.45, 2.75) is 179 Å². The third kappa shape index (κ3) is 9.51. The van der Waals surface area contributed by atoms with Gasteiger partial charge < -0.3 is 64.3 Å². The largest absolute Gasteiger partial charge is 0.459 e. The number of nitrogens with one attached hydrogen (secondary N) is 1. The lowest BCUT2D eigenvalue weighted by Gasteiger charge is -2.49. The first-order valence-corrected chi connectivity index (χ1v) is 18.5. The van der Waals surface area contributed by atoms with Crippen LogP contribution in [0, 0.1) is 29.1 Å². The van der Waals surface area contributed by atoms with Gasteiger partial charge in [0.2, 0.25) is 0 Å². The lowest BCUT2D eigenvalue weighted by atomic mass is 9.73. The van der Waals surface area contributed by atoms with Crippen molar-refractivity contribution in [1.82, 2.24) is 4.90 Å². The maximum Gasteiger partial charge on any atom is 0.311 e. The summed E-state index contributed by atoms with van der Waals surface area (Å²) in [6.07, 6.45) is -9.12. The average Bonchev–Trinajstić information content (AvgIpc) is 3.05. The van der Waals surface area contributed by atoms with Gasteiger partial charge in [-0.15, -0.1) is 0 Å². The van der Waals surface area contributed by atoms with E-state index in [1.165, 1.54) is 14.0 Å². The number of cyclic esters (lactones) is 1. The van der Waals surface area contributed by atoms with Gasteiger partial charge in [0.15, 0.2) is 12.6 Å². The molecular weight excluding hydrogens is 664 g/mol. The summed E-state index contributed by atoms with van der Waals surface area (Å²) < 4.78 is 37.2. The van der Waals surface area contributed by atoms with Crippen molar-refractivity contribution in [1.29, 1.82) is 5.41 Å². The molecule has 0 amide bonds. The number of aliphatic hydroxyl groups is 5. The van der Waals surface area contributed by atoms with Crippen molar-refractivity contribution >= 4 is 11.7 Å². The Hall–Kier alpha value is -1.30. The average molecular weight is 733 g/mol. The van der Waals surface area contributed by atoms with E-state index < -0.39 is 102 Å². The van der Waals surface area contributed by atoms with Crippen LogP contribution in [0.4, 0.5) is 0 Å². The van der Waals surface area contributed by atoms with Gasteiger partial charge in [0.05, 0.1) is 47.6 Å². The topological polar surface area (TPSA) is 201 Å². The molecule has 0 spiro atoms. The summed E-state index contributed by atoms with van der Waals surface area (Å²) in [6, 6.07) is -0.304. The van der Waals surface area contributed by atoms with E-state index in [-0.39, 0.29) is 37.1 Å². The predicted molar refractivity (Wildman–Crippen MR) is 189 cm³/mol. The summed E-state index contributed by atoms with van der Waals surface area (Å²) in [5.41, 5.74) is -4.58. The molecule has 3 saturated heterocycles. The Bertz CT molecular complexity index is 1170. The van der Waals surface area contributed by atoms with Gasteiger partial charge in [0.25, 0.3) is 0 Å². The van der Waals surface area contributed by atoms with Crippen molar-refractivity contribution in [2.75, 3.05) is 21.2 Å². The molecule has 3 rings (SSSR count). The molecule has 3 fully saturated rings. The number of esters is 1. The normalized spacial score (nSPS) is 49.7. The van der Waals surface area contributed by atoms with Crippen LogP contribution >= 0.6 is 0 Å². The molecule has 0 aliphatic carbocycles. The molecule has 0 unspecified atom stereocenters. The fourth-order valence-corrected chi connectivity index (χ4v) is 8.43. The summed E-state index contributed by atoms with van der Waals surface area (Å²) in [6.45, 7) is 16.8. The Labute approximate surface area is 304 Å². The second-order valence-corrected chi connectivity index (χ2v) is 16.5. The number of hydrogen-bond acceptors (Lipinski definition) is 14. The molecule has 0 aromatic heterocycles. The van der Waals surface area contributed by atoms with Gasteiger partial charge in [-0.2, -0.15) is 0 Å². The van der Waals surface area contributed by atoms with Crippen LogP contribution in [0.1, 0.15) is 94.9 Å². The Morgan fingerprint density at radius 2 is 1.53 bits per heavy atom. The number of nitrogens with zero attached hydrogens (tertiary/aromatic N) is 1. The van der Waals surface area contributed by atoms with Gasteiger partial charge in [-0.25, -0.2) is 0 Å². The van der Waals surface area contributed by atoms with Gasteiger partial charge >= 0.3 is 5.97 Å². The van der Waals surface area contributed by atoms with Crippen LogP contribution in [0.3, 0.4) is 0 Å². The van der Waals surface area contributed by atoms with Gasteiger partial charge in [-0.3, -0.25) is 4.79 Å². The van der Waals surface area contributed by atoms with Gasteiger partial charge in [-0.1, -0.05) is 27.7 Å². The second kappa shape index (κ2) is 17.0. The molecule has 0 saturated carbocycles. The van der Waals surface area contributed by atoms with E-state index in [1.807, 2.05) is 25.9 Å². The molecule has 0 radical (unpaired) electrons. The zero-order valence-electron chi connectivity index (χ0n) is 33.0. The first-order valence-electron chi connectivity index (χ1n) is 18.5. The summed E-state index contributed by atoms with van der Waals surface area (Å²) in [5.74, 6) is -4.02. The quantitative estimate of drug-likeness (QED) is 0.209. The smallest absolute Gasteiger partial charge is 0.311 e. The molecule has 3 heterocycles. The van der Waals surface area contributed by atoms with Crippen LogP contribution in [0.15, 0.2) is 0 Å². The molecule has 3 aliphatic rings. The van der Waals surface area contributed by atoms with E-state index in [0.29, 0.717) is 6.42 Å². The number of ether oxygens (including phenoxy) is 6. The van der Waals surface area contributed by atoms with E-state index in [9.17, 15) is 30.3 Å². The lowest BCUT2D eigenvalue weighted by molar-refractivity contribution is -0.317. The van der Waals surface area contributed by atoms with Crippen LogP contribution in [0.2, 0.25) is 0 Å². The number of carbonyl (C=O) groups excluding carboxylic acids is 1. The standard InChI is InChI=1S/C37H68N2O12/c1-14-25-37(10,45)30(41)20(4)27(38)18(2)16-35(8,44)32(51-34-28(40)24(39(11)12)15-19(3)47-34)21(5)29(22(6)33(43)49-25)50-26-17-36(9,46-13)31(42)23(7)48-26/h18-26,28-32,34,38,40-42,44-45H,14-17H2,1-13H3/t18-,19+,20-,21+,22+,23+,24-,25+,26+,28+,29+,30+,31+,32-,34+,35+,36-,37-/m0/s1. The minimum absolute atomic E-state index is 0.0107. The van der Waals surface area contributed by atoms with Crippen molar-refractivity contribution in [3.8, 4) is 0 Å².